The van der Waals surface area contributed by atoms with E-state index in [0.717, 1.165) is 4.68 Å². The van der Waals surface area contributed by atoms with E-state index in [-0.39, 0.29) is 30.3 Å². The largest absolute Gasteiger partial charge is 0.586 e. The van der Waals surface area contributed by atoms with Crippen LogP contribution in [0.3, 0.4) is 0 Å². The number of rotatable bonds is 4. The maximum atomic E-state index is 13.3. The van der Waals surface area contributed by atoms with E-state index in [1.165, 1.54) is 30.1 Å². The van der Waals surface area contributed by atoms with E-state index in [0.29, 0.717) is 27.4 Å². The molecule has 0 unspecified atom stereocenters. The number of alkyl halides is 2. The number of aliphatic imine (C=N–C) groups is 1. The number of benzene rings is 2. The van der Waals surface area contributed by atoms with Gasteiger partial charge in [0.25, 0.3) is 5.56 Å². The van der Waals surface area contributed by atoms with Crippen molar-refractivity contribution in [1.82, 2.24) is 9.78 Å². The number of ether oxygens (including phenoxy) is 2. The number of hydrogen-bond donors (Lipinski definition) is 0. The second-order valence-corrected chi connectivity index (χ2v) is 7.87. The number of hydrogen-bond acceptors (Lipinski definition) is 6. The van der Waals surface area contributed by atoms with Gasteiger partial charge in [0, 0.05) is 41.2 Å². The van der Waals surface area contributed by atoms with Gasteiger partial charge in [0.15, 0.2) is 11.5 Å². The molecule has 1 aromatic heterocycles. The van der Waals surface area contributed by atoms with Crippen molar-refractivity contribution in [3.63, 3.8) is 0 Å². The summed E-state index contributed by atoms with van der Waals surface area (Å²) in [6.07, 6.45) is -2.18. The summed E-state index contributed by atoms with van der Waals surface area (Å²) in [4.78, 5) is 31.3. The lowest BCUT2D eigenvalue weighted by Gasteiger charge is -2.19. The van der Waals surface area contributed by atoms with Crippen LogP contribution in [0.4, 0.5) is 14.5 Å². The van der Waals surface area contributed by atoms with Crippen LogP contribution in [-0.4, -0.2) is 35.2 Å². The van der Waals surface area contributed by atoms with Gasteiger partial charge in [-0.05, 0) is 24.3 Å². The number of carbonyl (C=O) groups is 1. The number of halogens is 3. The van der Waals surface area contributed by atoms with Gasteiger partial charge < -0.3 is 14.4 Å². The first-order valence-electron chi connectivity index (χ1n) is 9.78. The molecular formula is C22H15ClF2N4O4. The molecule has 2 aliphatic heterocycles. The Morgan fingerprint density at radius 2 is 2.00 bits per heavy atom. The molecule has 0 saturated carbocycles. The van der Waals surface area contributed by atoms with Crippen molar-refractivity contribution in [3.8, 4) is 22.8 Å². The summed E-state index contributed by atoms with van der Waals surface area (Å²) in [5.74, 6) is -0.816. The van der Waals surface area contributed by atoms with Crippen molar-refractivity contribution in [2.24, 2.45) is 4.99 Å². The molecule has 11 heteroatoms. The average Bonchev–Trinajstić information content (AvgIpc) is 3.37. The van der Waals surface area contributed by atoms with Gasteiger partial charge in [0.05, 0.1) is 12.1 Å². The minimum absolute atomic E-state index is 0.132. The summed E-state index contributed by atoms with van der Waals surface area (Å²) in [5.41, 5.74) is 2.04. The number of likely N-dealkylation sites (N-methyl/N-ethyl adjacent to an activating group) is 1. The van der Waals surface area contributed by atoms with Gasteiger partial charge in [-0.2, -0.15) is 5.10 Å². The molecule has 0 bridgehead atoms. The van der Waals surface area contributed by atoms with E-state index in [1.54, 1.807) is 30.5 Å². The predicted molar refractivity (Wildman–Crippen MR) is 116 cm³/mol. The molecule has 2 aromatic carbocycles. The summed E-state index contributed by atoms with van der Waals surface area (Å²) >= 11 is 6.11. The van der Waals surface area contributed by atoms with Crippen molar-refractivity contribution in [2.75, 3.05) is 11.9 Å². The van der Waals surface area contributed by atoms with Gasteiger partial charge in [-0.15, -0.1) is 8.78 Å². The van der Waals surface area contributed by atoms with Crippen LogP contribution in [0.2, 0.25) is 5.02 Å². The highest BCUT2D eigenvalue weighted by Crippen LogP contribution is 2.42. The Morgan fingerprint density at radius 1 is 1.21 bits per heavy atom. The van der Waals surface area contributed by atoms with Crippen LogP contribution in [0.1, 0.15) is 11.1 Å². The number of nitrogens with zero attached hydrogens (tertiary/aromatic N) is 4. The third-order valence-corrected chi connectivity index (χ3v) is 5.53. The number of anilines is 1. The summed E-state index contributed by atoms with van der Waals surface area (Å²) in [7, 11) is 1.46. The van der Waals surface area contributed by atoms with E-state index in [9.17, 15) is 18.4 Å². The highest BCUT2D eigenvalue weighted by atomic mass is 35.5. The Labute approximate surface area is 190 Å². The Balaban J connectivity index is 1.46. The van der Waals surface area contributed by atoms with Crippen LogP contribution < -0.4 is 19.9 Å². The van der Waals surface area contributed by atoms with Gasteiger partial charge in [-0.3, -0.25) is 14.6 Å². The SMILES string of the molecule is CN(C(=O)Cn1nc(-c2cccc(Cl)c2)c2c(c1=O)CN=C2)c1ccc2c(c1)OC(F)(F)O2. The van der Waals surface area contributed by atoms with Crippen molar-refractivity contribution in [2.45, 2.75) is 19.4 Å². The molecule has 2 aliphatic rings. The smallest absolute Gasteiger partial charge is 0.395 e. The molecule has 3 heterocycles. The minimum Gasteiger partial charge on any atom is -0.395 e. The molecule has 1 amide bonds. The monoisotopic (exact) mass is 472 g/mol. The highest BCUT2D eigenvalue weighted by Gasteiger charge is 2.43. The molecule has 33 heavy (non-hydrogen) atoms. The fraction of sp³-hybridized carbons (Fsp3) is 0.182. The molecule has 0 aliphatic carbocycles. The van der Waals surface area contributed by atoms with Gasteiger partial charge in [-0.1, -0.05) is 23.7 Å². The summed E-state index contributed by atoms with van der Waals surface area (Å²) < 4.78 is 36.5. The highest BCUT2D eigenvalue weighted by molar-refractivity contribution is 6.30. The first-order valence-corrected chi connectivity index (χ1v) is 10.2. The van der Waals surface area contributed by atoms with Crippen LogP contribution in [0.15, 0.2) is 52.3 Å². The molecule has 0 saturated heterocycles. The minimum atomic E-state index is -3.76. The zero-order chi connectivity index (χ0) is 23.3. The average molecular weight is 473 g/mol. The van der Waals surface area contributed by atoms with E-state index >= 15 is 0 Å². The maximum Gasteiger partial charge on any atom is 0.586 e. The summed E-state index contributed by atoms with van der Waals surface area (Å²) in [5, 5.41) is 4.91. The van der Waals surface area contributed by atoms with E-state index in [2.05, 4.69) is 19.6 Å². The number of amides is 1. The maximum absolute atomic E-state index is 13.3. The van der Waals surface area contributed by atoms with E-state index in [4.69, 9.17) is 11.6 Å². The third kappa shape index (κ3) is 3.82. The van der Waals surface area contributed by atoms with Crippen LogP contribution >= 0.6 is 11.6 Å². The van der Waals surface area contributed by atoms with Crippen molar-refractivity contribution < 1.29 is 23.0 Å². The van der Waals surface area contributed by atoms with Gasteiger partial charge in [0.2, 0.25) is 5.91 Å². The van der Waals surface area contributed by atoms with Gasteiger partial charge in [0.1, 0.15) is 12.2 Å². The molecule has 3 aromatic rings. The van der Waals surface area contributed by atoms with E-state index < -0.39 is 17.8 Å². The second-order valence-electron chi connectivity index (χ2n) is 7.44. The summed E-state index contributed by atoms with van der Waals surface area (Å²) in [6.45, 7) is -0.189. The molecule has 8 nitrogen and oxygen atoms in total. The fourth-order valence-electron chi connectivity index (χ4n) is 3.63. The van der Waals surface area contributed by atoms with Crippen LogP contribution in [-0.2, 0) is 17.9 Å². The molecule has 0 fully saturated rings. The number of fused-ring (bicyclic) bond motifs is 2. The molecule has 0 radical (unpaired) electrons. The van der Waals surface area contributed by atoms with Crippen LogP contribution in [0.25, 0.3) is 11.3 Å². The zero-order valence-electron chi connectivity index (χ0n) is 17.1. The summed E-state index contributed by atoms with van der Waals surface area (Å²) in [6, 6.07) is 11.0. The predicted octanol–water partition coefficient (Wildman–Crippen LogP) is 3.48. The second kappa shape index (κ2) is 7.66. The Morgan fingerprint density at radius 3 is 2.79 bits per heavy atom. The first-order chi connectivity index (χ1) is 15.7. The normalized spacial score (nSPS) is 14.9. The van der Waals surface area contributed by atoms with Crippen molar-refractivity contribution in [1.29, 1.82) is 0 Å². The van der Waals surface area contributed by atoms with Crippen molar-refractivity contribution in [3.05, 3.63) is 69.0 Å². The van der Waals surface area contributed by atoms with Crippen LogP contribution in [0.5, 0.6) is 11.5 Å². The van der Waals surface area contributed by atoms with E-state index in [1.807, 2.05) is 0 Å². The topological polar surface area (TPSA) is 86.0 Å². The molecule has 168 valence electrons. The first kappa shape index (κ1) is 21.1. The number of carbonyl (C=O) groups excluding carboxylic acids is 1. The standard InChI is InChI=1S/C22H15ClF2N4O4/c1-28(14-5-6-17-18(8-14)33-22(24,25)32-17)19(30)11-29-21(31)16-10-26-9-15(16)20(27-29)12-3-2-4-13(23)7-12/h2-9H,10-11H2,1H3. The lowest BCUT2D eigenvalue weighted by molar-refractivity contribution is -0.286. The molecular weight excluding hydrogens is 458 g/mol. The quantitative estimate of drug-likeness (QED) is 0.580. The van der Waals surface area contributed by atoms with Crippen molar-refractivity contribution >= 4 is 29.4 Å². The molecule has 5 rings (SSSR count). The molecule has 0 N–H and O–H groups in total. The Kier molecular flexibility index (Phi) is 4.89. The Bertz CT molecular complexity index is 1390. The van der Waals surface area contributed by atoms with Gasteiger partial charge in [-0.25, -0.2) is 4.68 Å². The third-order valence-electron chi connectivity index (χ3n) is 5.29. The number of aromatic nitrogens is 2. The molecule has 0 spiro atoms. The lowest BCUT2D eigenvalue weighted by Crippen LogP contribution is -2.36. The lowest BCUT2D eigenvalue weighted by atomic mass is 10.0. The van der Waals surface area contributed by atoms with Crippen LogP contribution in [0, 0.1) is 0 Å². The fourth-order valence-corrected chi connectivity index (χ4v) is 3.82. The van der Waals surface area contributed by atoms with Gasteiger partial charge >= 0.3 is 6.29 Å². The molecule has 0 atom stereocenters. The zero-order valence-corrected chi connectivity index (χ0v) is 17.8. The Hall–Kier alpha value is -3.79.